The third-order valence-corrected chi connectivity index (χ3v) is 4.11. The minimum Gasteiger partial charge on any atom is -0.489 e. The number of furan rings is 1. The van der Waals surface area contributed by atoms with E-state index in [0.717, 1.165) is 5.56 Å². The number of ether oxygens (including phenoxy) is 2. The standard InChI is InChI=1S/C21H16O4/c1-14-5-2-3-6-15(14)13-24-17-8-9-18-19(11-17)25-20(21(18)22)12-16-7-4-10-23-16/h2-12H,13H2,1H3. The molecule has 0 radical (unpaired) electrons. The van der Waals surface area contributed by atoms with Crippen molar-refractivity contribution in [3.05, 3.63) is 89.1 Å². The Morgan fingerprint density at radius 1 is 1.08 bits per heavy atom. The predicted molar refractivity (Wildman–Crippen MR) is 93.6 cm³/mol. The Morgan fingerprint density at radius 3 is 2.76 bits per heavy atom. The fourth-order valence-corrected chi connectivity index (χ4v) is 2.69. The lowest BCUT2D eigenvalue weighted by molar-refractivity contribution is 0.101. The van der Waals surface area contributed by atoms with Crippen LogP contribution < -0.4 is 9.47 Å². The van der Waals surface area contributed by atoms with E-state index >= 15 is 0 Å². The molecule has 4 rings (SSSR count). The SMILES string of the molecule is Cc1ccccc1COc1ccc2c(c1)OC(=Cc1ccco1)C2=O. The Morgan fingerprint density at radius 2 is 1.96 bits per heavy atom. The third kappa shape index (κ3) is 3.06. The molecule has 4 heteroatoms. The molecular weight excluding hydrogens is 316 g/mol. The third-order valence-electron chi connectivity index (χ3n) is 4.11. The van der Waals surface area contributed by atoms with Gasteiger partial charge < -0.3 is 13.9 Å². The number of Topliss-reactive ketones (excluding diaryl/α,β-unsaturated/α-hetero) is 1. The smallest absolute Gasteiger partial charge is 0.232 e. The van der Waals surface area contributed by atoms with Crippen molar-refractivity contribution >= 4 is 11.9 Å². The Balaban J connectivity index is 1.52. The summed E-state index contributed by atoms with van der Waals surface area (Å²) in [5.41, 5.74) is 2.83. The maximum atomic E-state index is 12.4. The van der Waals surface area contributed by atoms with Gasteiger partial charge in [-0.1, -0.05) is 24.3 Å². The first kappa shape index (κ1) is 15.3. The first-order chi connectivity index (χ1) is 12.2. The van der Waals surface area contributed by atoms with Gasteiger partial charge in [-0.2, -0.15) is 0 Å². The second-order valence-corrected chi connectivity index (χ2v) is 5.83. The topological polar surface area (TPSA) is 48.7 Å². The first-order valence-electron chi connectivity index (χ1n) is 8.00. The van der Waals surface area contributed by atoms with E-state index in [1.165, 1.54) is 5.56 Å². The summed E-state index contributed by atoms with van der Waals surface area (Å²) in [6.45, 7) is 2.52. The van der Waals surface area contributed by atoms with Crippen molar-refractivity contribution in [2.45, 2.75) is 13.5 Å². The van der Waals surface area contributed by atoms with Gasteiger partial charge in [-0.25, -0.2) is 0 Å². The van der Waals surface area contributed by atoms with Crippen LogP contribution in [0.4, 0.5) is 0 Å². The summed E-state index contributed by atoms with van der Waals surface area (Å²) in [5.74, 6) is 1.84. The van der Waals surface area contributed by atoms with E-state index in [4.69, 9.17) is 13.9 Å². The van der Waals surface area contributed by atoms with Crippen molar-refractivity contribution in [1.29, 1.82) is 0 Å². The van der Waals surface area contributed by atoms with Crippen LogP contribution in [0.2, 0.25) is 0 Å². The van der Waals surface area contributed by atoms with E-state index in [1.807, 2.05) is 18.2 Å². The number of aryl methyl sites for hydroxylation is 1. The molecule has 3 aromatic rings. The second kappa shape index (κ2) is 6.32. The summed E-state index contributed by atoms with van der Waals surface area (Å²) in [6, 6.07) is 16.9. The van der Waals surface area contributed by atoms with E-state index in [1.54, 1.807) is 42.7 Å². The van der Waals surface area contributed by atoms with Crippen molar-refractivity contribution in [3.63, 3.8) is 0 Å². The van der Waals surface area contributed by atoms with E-state index in [9.17, 15) is 4.79 Å². The highest BCUT2D eigenvalue weighted by molar-refractivity contribution is 6.14. The van der Waals surface area contributed by atoms with Gasteiger partial charge >= 0.3 is 0 Å². The number of hydrogen-bond donors (Lipinski definition) is 0. The zero-order valence-corrected chi connectivity index (χ0v) is 13.7. The largest absolute Gasteiger partial charge is 0.489 e. The molecule has 2 heterocycles. The van der Waals surface area contributed by atoms with Crippen molar-refractivity contribution in [1.82, 2.24) is 0 Å². The molecule has 1 aliphatic heterocycles. The van der Waals surface area contributed by atoms with Crippen molar-refractivity contribution in [2.24, 2.45) is 0 Å². The lowest BCUT2D eigenvalue weighted by Crippen LogP contribution is -1.98. The van der Waals surface area contributed by atoms with Gasteiger partial charge in [0.15, 0.2) is 5.76 Å². The molecule has 4 nitrogen and oxygen atoms in total. The number of carbonyl (C=O) groups excluding carboxylic acids is 1. The minimum atomic E-state index is -0.156. The molecule has 1 aliphatic rings. The van der Waals surface area contributed by atoms with Crippen molar-refractivity contribution in [2.75, 3.05) is 0 Å². The zero-order chi connectivity index (χ0) is 17.2. The van der Waals surface area contributed by atoms with E-state index in [0.29, 0.717) is 29.4 Å². The highest BCUT2D eigenvalue weighted by Gasteiger charge is 2.28. The van der Waals surface area contributed by atoms with Crippen LogP contribution in [-0.4, -0.2) is 5.78 Å². The van der Waals surface area contributed by atoms with E-state index < -0.39 is 0 Å². The maximum Gasteiger partial charge on any atom is 0.232 e. The van der Waals surface area contributed by atoms with Crippen LogP contribution in [0.25, 0.3) is 6.08 Å². The van der Waals surface area contributed by atoms with Gasteiger partial charge in [-0.3, -0.25) is 4.79 Å². The maximum absolute atomic E-state index is 12.4. The number of hydrogen-bond acceptors (Lipinski definition) is 4. The molecule has 0 fully saturated rings. The number of carbonyl (C=O) groups is 1. The average Bonchev–Trinajstić information content (AvgIpc) is 3.23. The van der Waals surface area contributed by atoms with Crippen molar-refractivity contribution in [3.8, 4) is 11.5 Å². The van der Waals surface area contributed by atoms with Crippen LogP contribution in [0.1, 0.15) is 27.2 Å². The average molecular weight is 332 g/mol. The molecule has 124 valence electrons. The number of ketones is 1. The van der Waals surface area contributed by atoms with Gasteiger partial charge in [0.25, 0.3) is 0 Å². The van der Waals surface area contributed by atoms with Crippen molar-refractivity contribution < 1.29 is 18.7 Å². The Kier molecular flexibility index (Phi) is 3.86. The Bertz CT molecular complexity index is 952. The normalized spacial score (nSPS) is 14.4. The molecule has 0 spiro atoms. The van der Waals surface area contributed by atoms with Crippen LogP contribution >= 0.6 is 0 Å². The monoisotopic (exact) mass is 332 g/mol. The number of fused-ring (bicyclic) bond motifs is 1. The Hall–Kier alpha value is -3.27. The molecule has 0 atom stereocenters. The number of allylic oxidation sites excluding steroid dienone is 1. The van der Waals surface area contributed by atoms with Gasteiger partial charge in [0, 0.05) is 12.1 Å². The van der Waals surface area contributed by atoms with E-state index in [2.05, 4.69) is 13.0 Å². The molecule has 1 aromatic heterocycles. The molecule has 0 bridgehead atoms. The lowest BCUT2D eigenvalue weighted by Gasteiger charge is -2.09. The summed E-state index contributed by atoms with van der Waals surface area (Å²) in [6.07, 6.45) is 3.15. The first-order valence-corrected chi connectivity index (χ1v) is 8.00. The molecular formula is C21H16O4. The molecule has 0 amide bonds. The highest BCUT2D eigenvalue weighted by atomic mass is 16.5. The van der Waals surface area contributed by atoms with Crippen LogP contribution in [-0.2, 0) is 6.61 Å². The summed E-state index contributed by atoms with van der Waals surface area (Å²) >= 11 is 0. The van der Waals surface area contributed by atoms with Crippen LogP contribution in [0.15, 0.2) is 71.0 Å². The van der Waals surface area contributed by atoms with Crippen LogP contribution in [0.5, 0.6) is 11.5 Å². The zero-order valence-electron chi connectivity index (χ0n) is 13.7. The summed E-state index contributed by atoms with van der Waals surface area (Å²) in [7, 11) is 0. The summed E-state index contributed by atoms with van der Waals surface area (Å²) in [5, 5.41) is 0. The van der Waals surface area contributed by atoms with Crippen LogP contribution in [0, 0.1) is 6.92 Å². The molecule has 0 saturated carbocycles. The fourth-order valence-electron chi connectivity index (χ4n) is 2.69. The summed E-state index contributed by atoms with van der Waals surface area (Å²) in [4.78, 5) is 12.4. The van der Waals surface area contributed by atoms with Gasteiger partial charge in [0.2, 0.25) is 5.78 Å². The molecule has 2 aromatic carbocycles. The van der Waals surface area contributed by atoms with Gasteiger partial charge in [-0.15, -0.1) is 0 Å². The van der Waals surface area contributed by atoms with Gasteiger partial charge in [-0.05, 0) is 42.3 Å². The molecule has 0 N–H and O–H groups in total. The second-order valence-electron chi connectivity index (χ2n) is 5.83. The highest BCUT2D eigenvalue weighted by Crippen LogP contribution is 2.35. The molecule has 0 aliphatic carbocycles. The summed E-state index contributed by atoms with van der Waals surface area (Å²) < 4.78 is 16.8. The van der Waals surface area contributed by atoms with Crippen LogP contribution in [0.3, 0.4) is 0 Å². The quantitative estimate of drug-likeness (QED) is 0.645. The molecule has 25 heavy (non-hydrogen) atoms. The number of rotatable bonds is 4. The molecule has 0 unspecified atom stereocenters. The fraction of sp³-hybridized carbons (Fsp3) is 0.0952. The van der Waals surface area contributed by atoms with Gasteiger partial charge in [0.1, 0.15) is 23.9 Å². The number of benzene rings is 2. The van der Waals surface area contributed by atoms with E-state index in [-0.39, 0.29) is 11.5 Å². The Labute approximate surface area is 145 Å². The van der Waals surface area contributed by atoms with Gasteiger partial charge in [0.05, 0.1) is 11.8 Å². The minimum absolute atomic E-state index is 0.156. The molecule has 0 saturated heterocycles. The predicted octanol–water partition coefficient (Wildman–Crippen LogP) is 4.78. The lowest BCUT2D eigenvalue weighted by atomic mass is 10.1.